The van der Waals surface area contributed by atoms with Crippen LogP contribution in [0.5, 0.6) is 0 Å². The van der Waals surface area contributed by atoms with E-state index in [0.29, 0.717) is 6.21 Å². The second-order valence-corrected chi connectivity index (χ2v) is 2.03. The fraction of sp³-hybridized carbons (Fsp3) is 0.167. The molecule has 0 saturated carbocycles. The maximum absolute atomic E-state index is 11.8. The second-order valence-electron chi connectivity index (χ2n) is 2.03. The van der Waals surface area contributed by atoms with Gasteiger partial charge in [0.2, 0.25) is 5.78 Å². The average Bonchev–Trinajstić information content (AvgIpc) is 1.92. The van der Waals surface area contributed by atoms with Gasteiger partial charge in [-0.25, -0.2) is 4.99 Å². The lowest BCUT2D eigenvalue weighted by Crippen LogP contribution is -2.22. The van der Waals surface area contributed by atoms with Crippen LogP contribution in [0, 0.1) is 0 Å². The van der Waals surface area contributed by atoms with Gasteiger partial charge in [-0.2, -0.15) is 13.2 Å². The van der Waals surface area contributed by atoms with Gasteiger partial charge in [0.15, 0.2) is 0 Å². The second kappa shape index (κ2) is 2.54. The molecule has 0 N–H and O–H groups in total. The molecule has 1 aliphatic rings. The Morgan fingerprint density at radius 1 is 1.25 bits per heavy atom. The van der Waals surface area contributed by atoms with Crippen LogP contribution in [-0.2, 0) is 9.59 Å². The van der Waals surface area contributed by atoms with Gasteiger partial charge in [0.1, 0.15) is 0 Å². The Hall–Kier alpha value is -1.46. The van der Waals surface area contributed by atoms with E-state index >= 15 is 0 Å². The predicted octanol–water partition coefficient (Wildman–Crippen LogP) is 0.655. The SMILES string of the molecule is O=C1C=C(C(F)(F)F)C=NC1=O. The number of rotatable bonds is 0. The number of hydrogen-bond acceptors (Lipinski definition) is 2. The lowest BCUT2D eigenvalue weighted by Gasteiger charge is -2.07. The van der Waals surface area contributed by atoms with E-state index in [-0.39, 0.29) is 6.08 Å². The van der Waals surface area contributed by atoms with Crippen LogP contribution in [0.1, 0.15) is 0 Å². The Morgan fingerprint density at radius 3 is 2.25 bits per heavy atom. The fourth-order valence-corrected chi connectivity index (χ4v) is 0.587. The van der Waals surface area contributed by atoms with Gasteiger partial charge in [-0.15, -0.1) is 0 Å². The van der Waals surface area contributed by atoms with Gasteiger partial charge in [-0.1, -0.05) is 0 Å². The Bertz CT molecular complexity index is 300. The van der Waals surface area contributed by atoms with Crippen molar-refractivity contribution >= 4 is 17.9 Å². The van der Waals surface area contributed by atoms with Crippen molar-refractivity contribution < 1.29 is 22.8 Å². The van der Waals surface area contributed by atoms with E-state index < -0.39 is 23.4 Å². The van der Waals surface area contributed by atoms with Crippen LogP contribution in [0.3, 0.4) is 0 Å². The van der Waals surface area contributed by atoms with Crippen molar-refractivity contribution in [1.82, 2.24) is 0 Å². The van der Waals surface area contributed by atoms with Crippen molar-refractivity contribution in [2.24, 2.45) is 4.99 Å². The first-order valence-corrected chi connectivity index (χ1v) is 2.82. The lowest BCUT2D eigenvalue weighted by molar-refractivity contribution is -0.133. The molecule has 0 unspecified atom stereocenters. The fourth-order valence-electron chi connectivity index (χ4n) is 0.587. The molecular weight excluding hydrogens is 175 g/mol. The largest absolute Gasteiger partial charge is 0.418 e. The topological polar surface area (TPSA) is 46.5 Å². The number of hydrogen-bond donors (Lipinski definition) is 0. The zero-order valence-corrected chi connectivity index (χ0v) is 5.55. The highest BCUT2D eigenvalue weighted by Crippen LogP contribution is 2.25. The summed E-state index contributed by atoms with van der Waals surface area (Å²) in [7, 11) is 0. The van der Waals surface area contributed by atoms with Gasteiger partial charge < -0.3 is 0 Å². The van der Waals surface area contributed by atoms with Gasteiger partial charge in [-0.3, -0.25) is 9.59 Å². The summed E-state index contributed by atoms with van der Waals surface area (Å²) in [6, 6.07) is 0. The van der Waals surface area contributed by atoms with Crippen molar-refractivity contribution in [2.45, 2.75) is 6.18 Å². The molecule has 1 aliphatic heterocycles. The molecule has 6 heteroatoms. The van der Waals surface area contributed by atoms with Crippen LogP contribution in [0.15, 0.2) is 16.6 Å². The number of halogens is 3. The Morgan fingerprint density at radius 2 is 1.83 bits per heavy atom. The smallest absolute Gasteiger partial charge is 0.284 e. The third kappa shape index (κ3) is 1.58. The van der Waals surface area contributed by atoms with E-state index in [1.807, 2.05) is 0 Å². The van der Waals surface area contributed by atoms with Gasteiger partial charge >= 0.3 is 12.1 Å². The zero-order chi connectivity index (χ0) is 9.35. The van der Waals surface area contributed by atoms with Crippen molar-refractivity contribution in [3.8, 4) is 0 Å². The van der Waals surface area contributed by atoms with Gasteiger partial charge in [0.25, 0.3) is 0 Å². The van der Waals surface area contributed by atoms with Crippen molar-refractivity contribution in [1.29, 1.82) is 0 Å². The molecule has 12 heavy (non-hydrogen) atoms. The molecule has 0 radical (unpaired) electrons. The molecule has 0 aromatic heterocycles. The zero-order valence-electron chi connectivity index (χ0n) is 5.55. The molecule has 0 saturated heterocycles. The number of aliphatic imine (C=N–C) groups is 1. The maximum atomic E-state index is 11.8. The molecule has 0 aromatic rings. The van der Waals surface area contributed by atoms with Crippen molar-refractivity contribution in [3.63, 3.8) is 0 Å². The molecule has 64 valence electrons. The third-order valence-electron chi connectivity index (χ3n) is 1.15. The highest BCUT2D eigenvalue weighted by Gasteiger charge is 2.35. The number of allylic oxidation sites excluding steroid dienone is 1. The number of amides is 1. The summed E-state index contributed by atoms with van der Waals surface area (Å²) in [5.74, 6) is -2.42. The summed E-state index contributed by atoms with van der Waals surface area (Å²) in [5, 5.41) is 0. The van der Waals surface area contributed by atoms with E-state index in [9.17, 15) is 22.8 Å². The van der Waals surface area contributed by atoms with E-state index in [1.54, 1.807) is 0 Å². The van der Waals surface area contributed by atoms with Crippen LogP contribution in [0.2, 0.25) is 0 Å². The summed E-state index contributed by atoms with van der Waals surface area (Å²) < 4.78 is 35.5. The summed E-state index contributed by atoms with van der Waals surface area (Å²) in [4.78, 5) is 23.5. The molecule has 0 atom stereocenters. The summed E-state index contributed by atoms with van der Waals surface area (Å²) in [6.45, 7) is 0. The molecule has 0 spiro atoms. The summed E-state index contributed by atoms with van der Waals surface area (Å²) in [6.07, 6.45) is -4.06. The first-order chi connectivity index (χ1) is 5.41. The number of carbonyl (C=O) groups excluding carboxylic acids is 2. The molecular formula is C6H2F3NO2. The summed E-state index contributed by atoms with van der Waals surface area (Å²) in [5.41, 5.74) is -1.20. The van der Waals surface area contributed by atoms with Gasteiger partial charge in [0, 0.05) is 12.3 Å². The van der Waals surface area contributed by atoms with E-state index in [4.69, 9.17) is 0 Å². The Balaban J connectivity index is 2.99. The molecule has 1 heterocycles. The van der Waals surface area contributed by atoms with Crippen LogP contribution < -0.4 is 0 Å². The maximum Gasteiger partial charge on any atom is 0.418 e. The van der Waals surface area contributed by atoms with E-state index in [2.05, 4.69) is 4.99 Å². The minimum absolute atomic E-state index is 0.231. The Labute approximate surface area is 64.6 Å². The van der Waals surface area contributed by atoms with Crippen LogP contribution >= 0.6 is 0 Å². The molecule has 0 bridgehead atoms. The van der Waals surface area contributed by atoms with Crippen molar-refractivity contribution in [2.75, 3.05) is 0 Å². The quantitative estimate of drug-likeness (QED) is 0.510. The molecule has 3 nitrogen and oxygen atoms in total. The average molecular weight is 177 g/mol. The number of ketones is 1. The predicted molar refractivity (Wildman–Crippen MR) is 32.6 cm³/mol. The molecule has 1 rings (SSSR count). The van der Waals surface area contributed by atoms with E-state index in [0.717, 1.165) is 0 Å². The monoisotopic (exact) mass is 177 g/mol. The number of dihydropyridines is 1. The Kier molecular flexibility index (Phi) is 1.83. The van der Waals surface area contributed by atoms with E-state index in [1.165, 1.54) is 0 Å². The number of alkyl halides is 3. The van der Waals surface area contributed by atoms with Gasteiger partial charge in [0.05, 0.1) is 5.57 Å². The van der Waals surface area contributed by atoms with Crippen molar-refractivity contribution in [3.05, 3.63) is 11.6 Å². The van der Waals surface area contributed by atoms with Crippen LogP contribution in [-0.4, -0.2) is 24.1 Å². The van der Waals surface area contributed by atoms with Crippen LogP contribution in [0.4, 0.5) is 13.2 Å². The highest BCUT2D eigenvalue weighted by molar-refractivity contribution is 6.44. The number of carbonyl (C=O) groups is 2. The van der Waals surface area contributed by atoms with Gasteiger partial charge in [-0.05, 0) is 0 Å². The molecule has 1 amide bonds. The van der Waals surface area contributed by atoms with Crippen LogP contribution in [0.25, 0.3) is 0 Å². The highest BCUT2D eigenvalue weighted by atomic mass is 19.4. The standard InChI is InChI=1S/C6H2F3NO2/c7-6(8,9)3-1-4(11)5(12)10-2-3/h1-2H. The normalized spacial score (nSPS) is 18.1. The minimum Gasteiger partial charge on any atom is -0.284 e. The third-order valence-corrected chi connectivity index (χ3v) is 1.15. The summed E-state index contributed by atoms with van der Waals surface area (Å²) >= 11 is 0. The first-order valence-electron chi connectivity index (χ1n) is 2.82. The molecule has 0 fully saturated rings. The number of nitrogens with zero attached hydrogens (tertiary/aromatic N) is 1. The molecule has 0 aromatic carbocycles. The molecule has 0 aliphatic carbocycles. The minimum atomic E-state index is -4.63. The first kappa shape index (κ1) is 8.63. The lowest BCUT2D eigenvalue weighted by atomic mass is 10.1.